The molecule has 0 aliphatic carbocycles. The van der Waals surface area contributed by atoms with Crippen molar-refractivity contribution in [2.75, 3.05) is 26.8 Å². The van der Waals surface area contributed by atoms with Gasteiger partial charge in [-0.1, -0.05) is 12.1 Å². The maximum Gasteiger partial charge on any atom is 0.191 e. The number of nitrogens with zero attached hydrogens (tertiary/aromatic N) is 1. The van der Waals surface area contributed by atoms with E-state index in [1.165, 1.54) is 0 Å². The van der Waals surface area contributed by atoms with Gasteiger partial charge < -0.3 is 20.1 Å². The molecule has 1 aromatic carbocycles. The number of ether oxygens (including phenoxy) is 2. The molecule has 21 heavy (non-hydrogen) atoms. The summed E-state index contributed by atoms with van der Waals surface area (Å²) in [6.45, 7) is 8.92. The summed E-state index contributed by atoms with van der Waals surface area (Å²) in [5.74, 6) is 1.68. The summed E-state index contributed by atoms with van der Waals surface area (Å²) in [4.78, 5) is 4.56. The summed E-state index contributed by atoms with van der Waals surface area (Å²) >= 11 is 0. The van der Waals surface area contributed by atoms with Crippen LogP contribution in [0.5, 0.6) is 5.75 Å². The van der Waals surface area contributed by atoms with Gasteiger partial charge in [0.2, 0.25) is 0 Å². The molecule has 5 nitrogen and oxygen atoms in total. The summed E-state index contributed by atoms with van der Waals surface area (Å²) in [5, 5.41) is 6.43. The van der Waals surface area contributed by atoms with Gasteiger partial charge in [0, 0.05) is 20.2 Å². The average Bonchev–Trinajstić information content (AvgIpc) is 2.44. The van der Waals surface area contributed by atoms with Crippen molar-refractivity contribution in [1.29, 1.82) is 0 Å². The molecule has 1 rings (SSSR count). The van der Waals surface area contributed by atoms with Crippen LogP contribution in [-0.2, 0) is 11.3 Å². The number of aliphatic imine (C=N–C) groups is 1. The zero-order chi connectivity index (χ0) is 15.5. The standard InChI is InChI=1S/C16H27N3O2/c1-5-17-16(18-9-10-20-4)19-12-14-7-6-8-15(11-14)21-13(2)3/h6-8,11,13H,5,9-10,12H2,1-4H3,(H2,17,18,19). The summed E-state index contributed by atoms with van der Waals surface area (Å²) in [5.41, 5.74) is 1.12. The fourth-order valence-electron chi connectivity index (χ4n) is 1.77. The number of hydrogen-bond donors (Lipinski definition) is 2. The molecule has 0 spiro atoms. The normalized spacial score (nSPS) is 11.6. The third-order valence-corrected chi connectivity index (χ3v) is 2.63. The molecule has 5 heteroatoms. The minimum atomic E-state index is 0.178. The summed E-state index contributed by atoms with van der Waals surface area (Å²) in [6, 6.07) is 8.04. The number of rotatable bonds is 8. The Morgan fingerprint density at radius 1 is 1.29 bits per heavy atom. The molecule has 0 unspecified atom stereocenters. The molecule has 0 heterocycles. The highest BCUT2D eigenvalue weighted by Gasteiger charge is 2.00. The van der Waals surface area contributed by atoms with Gasteiger partial charge in [0.1, 0.15) is 5.75 Å². The lowest BCUT2D eigenvalue weighted by Gasteiger charge is -2.12. The van der Waals surface area contributed by atoms with Gasteiger partial charge in [-0.3, -0.25) is 0 Å². The second-order valence-corrected chi connectivity index (χ2v) is 4.93. The molecule has 0 bridgehead atoms. The van der Waals surface area contributed by atoms with Crippen LogP contribution in [0.3, 0.4) is 0 Å². The molecule has 1 aromatic rings. The second kappa shape index (κ2) is 10.0. The van der Waals surface area contributed by atoms with E-state index in [0.29, 0.717) is 13.2 Å². The fraction of sp³-hybridized carbons (Fsp3) is 0.562. The van der Waals surface area contributed by atoms with Crippen LogP contribution in [-0.4, -0.2) is 38.9 Å². The third-order valence-electron chi connectivity index (χ3n) is 2.63. The molecule has 0 amide bonds. The first-order valence-electron chi connectivity index (χ1n) is 7.42. The van der Waals surface area contributed by atoms with Crippen LogP contribution >= 0.6 is 0 Å². The van der Waals surface area contributed by atoms with Gasteiger partial charge in [-0.25, -0.2) is 4.99 Å². The average molecular weight is 293 g/mol. The van der Waals surface area contributed by atoms with Crippen LogP contribution < -0.4 is 15.4 Å². The number of benzene rings is 1. The van der Waals surface area contributed by atoms with E-state index in [-0.39, 0.29) is 6.10 Å². The molecular weight excluding hydrogens is 266 g/mol. The van der Waals surface area contributed by atoms with E-state index in [9.17, 15) is 0 Å². The maximum atomic E-state index is 5.69. The Labute approximate surface area is 127 Å². The SMILES string of the molecule is CCNC(=NCc1cccc(OC(C)C)c1)NCCOC. The van der Waals surface area contributed by atoms with Crippen molar-refractivity contribution in [2.24, 2.45) is 4.99 Å². The quantitative estimate of drug-likeness (QED) is 0.438. The van der Waals surface area contributed by atoms with Gasteiger partial charge in [-0.2, -0.15) is 0 Å². The first kappa shape index (κ1) is 17.3. The predicted octanol–water partition coefficient (Wildman–Crippen LogP) is 2.18. The topological polar surface area (TPSA) is 54.9 Å². The van der Waals surface area contributed by atoms with Crippen molar-refractivity contribution in [3.8, 4) is 5.75 Å². The van der Waals surface area contributed by atoms with E-state index in [0.717, 1.165) is 30.4 Å². The largest absolute Gasteiger partial charge is 0.491 e. The number of hydrogen-bond acceptors (Lipinski definition) is 3. The van der Waals surface area contributed by atoms with Gasteiger partial charge in [-0.05, 0) is 38.5 Å². The molecule has 0 aliphatic heterocycles. The summed E-state index contributed by atoms with van der Waals surface area (Å²) < 4.78 is 10.7. The molecule has 0 atom stereocenters. The lowest BCUT2D eigenvalue weighted by atomic mass is 10.2. The second-order valence-electron chi connectivity index (χ2n) is 4.93. The number of methoxy groups -OCH3 is 1. The highest BCUT2D eigenvalue weighted by molar-refractivity contribution is 5.79. The molecule has 0 saturated carbocycles. The molecule has 0 radical (unpaired) electrons. The Morgan fingerprint density at radius 3 is 2.76 bits per heavy atom. The minimum Gasteiger partial charge on any atom is -0.491 e. The van der Waals surface area contributed by atoms with Crippen LogP contribution in [0.2, 0.25) is 0 Å². The molecule has 2 N–H and O–H groups in total. The first-order chi connectivity index (χ1) is 10.2. The Balaban J connectivity index is 2.61. The van der Waals surface area contributed by atoms with E-state index < -0.39 is 0 Å². The highest BCUT2D eigenvalue weighted by atomic mass is 16.5. The van der Waals surface area contributed by atoms with Crippen molar-refractivity contribution in [3.05, 3.63) is 29.8 Å². The smallest absolute Gasteiger partial charge is 0.191 e. The maximum absolute atomic E-state index is 5.69. The van der Waals surface area contributed by atoms with Crippen molar-refractivity contribution in [2.45, 2.75) is 33.4 Å². The van der Waals surface area contributed by atoms with Gasteiger partial charge >= 0.3 is 0 Å². The van der Waals surface area contributed by atoms with Crippen molar-refractivity contribution in [3.63, 3.8) is 0 Å². The Hall–Kier alpha value is -1.75. The zero-order valence-electron chi connectivity index (χ0n) is 13.5. The van der Waals surface area contributed by atoms with Crippen molar-refractivity contribution >= 4 is 5.96 Å². The summed E-state index contributed by atoms with van der Waals surface area (Å²) in [6.07, 6.45) is 0.178. The highest BCUT2D eigenvalue weighted by Crippen LogP contribution is 2.15. The minimum absolute atomic E-state index is 0.178. The number of guanidine groups is 1. The molecule has 0 aliphatic rings. The molecule has 118 valence electrons. The third kappa shape index (κ3) is 7.56. The summed E-state index contributed by atoms with van der Waals surface area (Å²) in [7, 11) is 1.69. The fourth-order valence-corrected chi connectivity index (χ4v) is 1.77. The zero-order valence-corrected chi connectivity index (χ0v) is 13.5. The van der Waals surface area contributed by atoms with Gasteiger partial charge in [-0.15, -0.1) is 0 Å². The van der Waals surface area contributed by atoms with Crippen molar-refractivity contribution < 1.29 is 9.47 Å². The molecule has 0 fully saturated rings. The predicted molar refractivity (Wildman–Crippen MR) is 86.9 cm³/mol. The molecular formula is C16H27N3O2. The Morgan fingerprint density at radius 2 is 2.10 bits per heavy atom. The van der Waals surface area contributed by atoms with E-state index in [1.807, 2.05) is 39.0 Å². The van der Waals surface area contributed by atoms with Crippen molar-refractivity contribution in [1.82, 2.24) is 10.6 Å². The number of nitrogens with one attached hydrogen (secondary N) is 2. The Kier molecular flexibility index (Phi) is 8.28. The van der Waals surface area contributed by atoms with Crippen LogP contribution in [0.25, 0.3) is 0 Å². The lowest BCUT2D eigenvalue weighted by molar-refractivity contribution is 0.203. The Bertz CT molecular complexity index is 433. The first-order valence-corrected chi connectivity index (χ1v) is 7.42. The van der Waals surface area contributed by atoms with E-state index in [1.54, 1.807) is 7.11 Å². The van der Waals surface area contributed by atoms with Crippen LogP contribution in [0, 0.1) is 0 Å². The van der Waals surface area contributed by atoms with Gasteiger partial charge in [0.25, 0.3) is 0 Å². The molecule has 0 saturated heterocycles. The van der Waals surface area contributed by atoms with E-state index in [2.05, 4.69) is 21.7 Å². The van der Waals surface area contributed by atoms with Gasteiger partial charge in [0.15, 0.2) is 5.96 Å². The lowest BCUT2D eigenvalue weighted by Crippen LogP contribution is -2.38. The molecule has 0 aromatic heterocycles. The van der Waals surface area contributed by atoms with Crippen LogP contribution in [0.1, 0.15) is 26.3 Å². The monoisotopic (exact) mass is 293 g/mol. The van der Waals surface area contributed by atoms with Crippen LogP contribution in [0.4, 0.5) is 0 Å². The van der Waals surface area contributed by atoms with E-state index >= 15 is 0 Å². The van der Waals surface area contributed by atoms with E-state index in [4.69, 9.17) is 9.47 Å². The van der Waals surface area contributed by atoms with Crippen LogP contribution in [0.15, 0.2) is 29.3 Å². The van der Waals surface area contributed by atoms with Gasteiger partial charge in [0.05, 0.1) is 19.3 Å².